The Morgan fingerprint density at radius 3 is 1.22 bits per heavy atom. The maximum Gasteiger partial charge on any atom is 0.164 e. The minimum atomic E-state index is 0.605. The molecule has 0 spiro atoms. The minimum absolute atomic E-state index is 0.605. The Balaban J connectivity index is 1.02. The highest BCUT2D eigenvalue weighted by Crippen LogP contribution is 2.43. The summed E-state index contributed by atoms with van der Waals surface area (Å²) in [6.07, 6.45) is 0. The van der Waals surface area contributed by atoms with Crippen LogP contribution in [0.3, 0.4) is 0 Å². The molecule has 0 unspecified atom stereocenters. The van der Waals surface area contributed by atoms with Gasteiger partial charge in [0.1, 0.15) is 5.69 Å². The quantitative estimate of drug-likeness (QED) is 0.145. The van der Waals surface area contributed by atoms with Crippen LogP contribution in [0.15, 0.2) is 249 Å². The molecular weight excluding hydrogens is 815 g/mol. The molecule has 3 aromatic heterocycles. The molecule has 0 aliphatic carbocycles. The van der Waals surface area contributed by atoms with Crippen molar-refractivity contribution in [3.8, 4) is 101 Å². The molecule has 0 aliphatic heterocycles. The molecule has 0 amide bonds. The van der Waals surface area contributed by atoms with Crippen molar-refractivity contribution in [2.75, 3.05) is 0 Å². The lowest BCUT2D eigenvalue weighted by molar-refractivity contribution is 0.979. The molecule has 0 aliphatic rings. The summed E-state index contributed by atoms with van der Waals surface area (Å²) in [4.78, 5) is 15.5. The number of pyridine rings is 1. The molecule has 0 atom stereocenters. The topological polar surface area (TPSA) is 56.0 Å². The average molecular weight is 856 g/mol. The van der Waals surface area contributed by atoms with Gasteiger partial charge in [0, 0.05) is 38.8 Å². The van der Waals surface area contributed by atoms with Crippen molar-refractivity contribution >= 4 is 16.3 Å². The maximum absolute atomic E-state index is 5.43. The average Bonchev–Trinajstić information content (AvgIpc) is 3.83. The van der Waals surface area contributed by atoms with Crippen LogP contribution in [-0.4, -0.2) is 24.6 Å². The van der Waals surface area contributed by atoms with Crippen LogP contribution >= 0.6 is 0 Å². The monoisotopic (exact) mass is 855 g/mol. The van der Waals surface area contributed by atoms with Crippen LogP contribution in [0.1, 0.15) is 0 Å². The second-order valence-electron chi connectivity index (χ2n) is 16.7. The van der Waals surface area contributed by atoms with E-state index in [1.54, 1.807) is 0 Å². The van der Waals surface area contributed by atoms with Crippen molar-refractivity contribution in [2.45, 2.75) is 0 Å². The van der Waals surface area contributed by atoms with Crippen molar-refractivity contribution in [2.24, 2.45) is 0 Å². The fraction of sp³-hybridized carbons (Fsp3) is 0. The lowest BCUT2D eigenvalue weighted by atomic mass is 9.93. The number of hydrogen-bond donors (Lipinski definition) is 0. The van der Waals surface area contributed by atoms with Gasteiger partial charge < -0.3 is 0 Å². The molecule has 67 heavy (non-hydrogen) atoms. The first-order chi connectivity index (χ1) is 33.2. The van der Waals surface area contributed by atoms with Gasteiger partial charge in [-0.2, -0.15) is 5.10 Å². The van der Waals surface area contributed by atoms with Crippen LogP contribution in [0.2, 0.25) is 0 Å². The van der Waals surface area contributed by atoms with E-state index in [2.05, 4.69) is 241 Å². The molecule has 0 saturated carbocycles. The zero-order valence-electron chi connectivity index (χ0n) is 36.4. The fourth-order valence-corrected chi connectivity index (χ4v) is 9.21. The molecule has 0 fully saturated rings. The molecule has 0 saturated heterocycles. The van der Waals surface area contributed by atoms with E-state index in [0.29, 0.717) is 17.5 Å². The summed E-state index contributed by atoms with van der Waals surface area (Å²) in [7, 11) is 0. The Morgan fingerprint density at radius 1 is 0.269 bits per heavy atom. The van der Waals surface area contributed by atoms with Gasteiger partial charge in [-0.1, -0.05) is 231 Å². The highest BCUT2D eigenvalue weighted by Gasteiger charge is 2.23. The first-order valence-electron chi connectivity index (χ1n) is 22.6. The van der Waals surface area contributed by atoms with E-state index in [1.165, 1.54) is 0 Å². The number of fused-ring (bicyclic) bond motifs is 3. The summed E-state index contributed by atoms with van der Waals surface area (Å²) < 4.78 is 2.15. The number of hydrogen-bond acceptors (Lipinski definition) is 4. The number of rotatable bonds is 9. The maximum atomic E-state index is 5.43. The Labute approximate surface area is 389 Å². The molecule has 0 radical (unpaired) electrons. The molecule has 12 rings (SSSR count). The predicted molar refractivity (Wildman–Crippen MR) is 275 cm³/mol. The third-order valence-corrected chi connectivity index (χ3v) is 12.5. The Hall–Kier alpha value is -9.06. The standard InChI is InChI=1S/C62H41N5/c1-6-19-42(20-7-1)49-29-16-31-51(39-49)61-63-60(64-62(65-61)52-32-17-30-50(40-52)43-21-8-2-9-22-43)48-37-35-44(36-38-48)53-33-18-34-54-55(53)41-56(45-23-10-3-11-24-45)67-59(54)57(46-25-12-4-13-26-46)58(66-67)47-27-14-5-15-28-47/h1-41H. The van der Waals surface area contributed by atoms with Crippen LogP contribution in [0.25, 0.3) is 117 Å². The Bertz CT molecular complexity index is 3600. The third kappa shape index (κ3) is 7.54. The van der Waals surface area contributed by atoms with Crippen molar-refractivity contribution in [3.05, 3.63) is 249 Å². The molecule has 3 heterocycles. The van der Waals surface area contributed by atoms with Gasteiger partial charge in [-0.05, 0) is 62.5 Å². The molecule has 0 bridgehead atoms. The van der Waals surface area contributed by atoms with Gasteiger partial charge in [0.2, 0.25) is 0 Å². The zero-order valence-corrected chi connectivity index (χ0v) is 36.4. The van der Waals surface area contributed by atoms with Crippen LogP contribution < -0.4 is 0 Å². The number of nitrogens with zero attached hydrogens (tertiary/aromatic N) is 5. The molecule has 5 nitrogen and oxygen atoms in total. The van der Waals surface area contributed by atoms with E-state index in [9.17, 15) is 0 Å². The Morgan fingerprint density at radius 2 is 0.687 bits per heavy atom. The van der Waals surface area contributed by atoms with Crippen molar-refractivity contribution < 1.29 is 0 Å². The summed E-state index contributed by atoms with van der Waals surface area (Å²) >= 11 is 0. The van der Waals surface area contributed by atoms with E-state index < -0.39 is 0 Å². The van der Waals surface area contributed by atoms with E-state index in [4.69, 9.17) is 20.1 Å². The van der Waals surface area contributed by atoms with Gasteiger partial charge in [-0.3, -0.25) is 0 Å². The first-order valence-corrected chi connectivity index (χ1v) is 22.6. The summed E-state index contributed by atoms with van der Waals surface area (Å²) in [5.74, 6) is 1.83. The van der Waals surface area contributed by atoms with Gasteiger partial charge in [0.25, 0.3) is 0 Å². The summed E-state index contributed by atoms with van der Waals surface area (Å²) in [6, 6.07) is 87.0. The Kier molecular flexibility index (Phi) is 10.1. The predicted octanol–water partition coefficient (Wildman–Crippen LogP) is 15.7. The van der Waals surface area contributed by atoms with Gasteiger partial charge in [-0.25, -0.2) is 19.5 Å². The first kappa shape index (κ1) is 39.5. The largest absolute Gasteiger partial charge is 0.231 e. The van der Waals surface area contributed by atoms with E-state index >= 15 is 0 Å². The molecule has 9 aromatic carbocycles. The minimum Gasteiger partial charge on any atom is -0.231 e. The third-order valence-electron chi connectivity index (χ3n) is 12.5. The highest BCUT2D eigenvalue weighted by molar-refractivity contribution is 6.12. The molecule has 0 N–H and O–H groups in total. The van der Waals surface area contributed by atoms with Crippen LogP contribution in [0.4, 0.5) is 0 Å². The van der Waals surface area contributed by atoms with E-state index in [1.807, 2.05) is 12.1 Å². The fourth-order valence-electron chi connectivity index (χ4n) is 9.21. The van der Waals surface area contributed by atoms with Crippen LogP contribution in [0.5, 0.6) is 0 Å². The summed E-state index contributed by atoms with van der Waals surface area (Å²) in [5, 5.41) is 7.69. The highest BCUT2D eigenvalue weighted by atomic mass is 15.2. The smallest absolute Gasteiger partial charge is 0.164 e. The van der Waals surface area contributed by atoms with E-state index in [0.717, 1.165) is 100 Å². The molecule has 314 valence electrons. The van der Waals surface area contributed by atoms with Gasteiger partial charge >= 0.3 is 0 Å². The van der Waals surface area contributed by atoms with Crippen LogP contribution in [0, 0.1) is 0 Å². The lowest BCUT2D eigenvalue weighted by Gasteiger charge is -2.14. The normalized spacial score (nSPS) is 11.3. The van der Waals surface area contributed by atoms with Crippen molar-refractivity contribution in [3.63, 3.8) is 0 Å². The SMILES string of the molecule is c1ccc(-c2cccc(-c3nc(-c4ccc(-c5cccc6c5cc(-c5ccccc5)n5nc(-c7ccccc7)c(-c7ccccc7)c65)cc4)nc(-c4cccc(-c5ccccc5)c4)n3)c2)cc1. The number of aromatic nitrogens is 5. The zero-order chi connectivity index (χ0) is 44.5. The molecule has 5 heteroatoms. The second kappa shape index (κ2) is 17.1. The van der Waals surface area contributed by atoms with Gasteiger partial charge in [0.15, 0.2) is 17.5 Å². The van der Waals surface area contributed by atoms with Gasteiger partial charge in [0.05, 0.1) is 11.2 Å². The lowest BCUT2D eigenvalue weighted by Crippen LogP contribution is -2.00. The molecule has 12 aromatic rings. The van der Waals surface area contributed by atoms with Crippen LogP contribution in [-0.2, 0) is 0 Å². The summed E-state index contributed by atoms with van der Waals surface area (Å²) in [5.41, 5.74) is 16.8. The van der Waals surface area contributed by atoms with Gasteiger partial charge in [-0.15, -0.1) is 0 Å². The van der Waals surface area contributed by atoms with Crippen molar-refractivity contribution in [1.82, 2.24) is 24.6 Å². The second-order valence-corrected chi connectivity index (χ2v) is 16.7. The summed E-state index contributed by atoms with van der Waals surface area (Å²) in [6.45, 7) is 0. The molecular formula is C62H41N5. The van der Waals surface area contributed by atoms with E-state index in [-0.39, 0.29) is 0 Å². The van der Waals surface area contributed by atoms with Crippen molar-refractivity contribution in [1.29, 1.82) is 0 Å². The number of benzene rings is 9.